The summed E-state index contributed by atoms with van der Waals surface area (Å²) in [5.41, 5.74) is 1.53. The van der Waals surface area contributed by atoms with Gasteiger partial charge in [-0.25, -0.2) is 9.37 Å². The standard InChI is InChI=1S/C17H20FN3OS/c18-12-6-8-14(9-7-12)20-17-21-15(11-23-17)10-16(22)19-13-4-2-1-3-5-13/h6-9,11,13H,1-5,10H2,(H,19,22)(H,20,21). The molecule has 1 aliphatic carbocycles. The third-order valence-electron chi connectivity index (χ3n) is 3.96. The average molecular weight is 333 g/mol. The molecule has 1 heterocycles. The summed E-state index contributed by atoms with van der Waals surface area (Å²) in [6, 6.07) is 6.44. The maximum atomic E-state index is 12.9. The van der Waals surface area contributed by atoms with E-state index in [0.29, 0.717) is 17.6 Å². The number of anilines is 2. The van der Waals surface area contributed by atoms with Crippen LogP contribution in [0.15, 0.2) is 29.6 Å². The summed E-state index contributed by atoms with van der Waals surface area (Å²) in [6.07, 6.45) is 6.15. The Hall–Kier alpha value is -1.95. The predicted molar refractivity (Wildman–Crippen MR) is 90.5 cm³/mol. The minimum absolute atomic E-state index is 0.0375. The molecule has 0 radical (unpaired) electrons. The van der Waals surface area contributed by atoms with E-state index in [2.05, 4.69) is 15.6 Å². The van der Waals surface area contributed by atoms with Gasteiger partial charge in [-0.1, -0.05) is 19.3 Å². The molecule has 1 aromatic heterocycles. The minimum atomic E-state index is -0.269. The molecule has 1 aliphatic rings. The van der Waals surface area contributed by atoms with E-state index < -0.39 is 0 Å². The van der Waals surface area contributed by atoms with Crippen molar-refractivity contribution >= 4 is 28.1 Å². The van der Waals surface area contributed by atoms with Gasteiger partial charge in [-0.2, -0.15) is 0 Å². The Kier molecular flexibility index (Phi) is 5.23. The number of nitrogens with one attached hydrogen (secondary N) is 2. The van der Waals surface area contributed by atoms with E-state index in [9.17, 15) is 9.18 Å². The molecular formula is C17H20FN3OS. The molecule has 1 amide bonds. The van der Waals surface area contributed by atoms with Crippen molar-refractivity contribution in [2.45, 2.75) is 44.6 Å². The maximum absolute atomic E-state index is 12.9. The molecule has 1 saturated carbocycles. The molecule has 1 aromatic carbocycles. The van der Waals surface area contributed by atoms with E-state index in [4.69, 9.17) is 0 Å². The number of thiazole rings is 1. The molecular weight excluding hydrogens is 313 g/mol. The largest absolute Gasteiger partial charge is 0.353 e. The smallest absolute Gasteiger partial charge is 0.226 e. The molecule has 1 fully saturated rings. The van der Waals surface area contributed by atoms with Gasteiger partial charge >= 0.3 is 0 Å². The van der Waals surface area contributed by atoms with Crippen LogP contribution in [0.1, 0.15) is 37.8 Å². The summed E-state index contributed by atoms with van der Waals surface area (Å²) in [4.78, 5) is 16.5. The Labute approximate surface area is 139 Å². The highest BCUT2D eigenvalue weighted by atomic mass is 32.1. The molecule has 0 aliphatic heterocycles. The molecule has 0 saturated heterocycles. The topological polar surface area (TPSA) is 54.0 Å². The summed E-state index contributed by atoms with van der Waals surface area (Å²) < 4.78 is 12.9. The number of hydrogen-bond acceptors (Lipinski definition) is 4. The monoisotopic (exact) mass is 333 g/mol. The number of amides is 1. The number of carbonyl (C=O) groups is 1. The minimum Gasteiger partial charge on any atom is -0.353 e. The third kappa shape index (κ3) is 4.76. The fourth-order valence-electron chi connectivity index (χ4n) is 2.79. The number of hydrogen-bond donors (Lipinski definition) is 2. The Balaban J connectivity index is 1.52. The first-order valence-corrected chi connectivity index (χ1v) is 8.83. The molecule has 122 valence electrons. The van der Waals surface area contributed by atoms with Crippen molar-refractivity contribution in [3.05, 3.63) is 41.2 Å². The van der Waals surface area contributed by atoms with Crippen LogP contribution in [-0.2, 0) is 11.2 Å². The van der Waals surface area contributed by atoms with Gasteiger partial charge in [-0.3, -0.25) is 4.79 Å². The van der Waals surface area contributed by atoms with Gasteiger partial charge in [0.2, 0.25) is 5.91 Å². The highest BCUT2D eigenvalue weighted by Gasteiger charge is 2.16. The van der Waals surface area contributed by atoms with E-state index in [1.807, 2.05) is 5.38 Å². The zero-order valence-electron chi connectivity index (χ0n) is 12.8. The van der Waals surface area contributed by atoms with Crippen molar-refractivity contribution in [2.75, 3.05) is 5.32 Å². The van der Waals surface area contributed by atoms with Gasteiger partial charge < -0.3 is 10.6 Å². The molecule has 2 N–H and O–H groups in total. The predicted octanol–water partition coefficient (Wildman–Crippen LogP) is 4.02. The van der Waals surface area contributed by atoms with Gasteiger partial charge in [0, 0.05) is 17.1 Å². The SMILES string of the molecule is O=C(Cc1csc(Nc2ccc(F)cc2)n1)NC1CCCCC1. The van der Waals surface area contributed by atoms with Gasteiger partial charge in [0.1, 0.15) is 5.82 Å². The Morgan fingerprint density at radius 2 is 1.96 bits per heavy atom. The third-order valence-corrected chi connectivity index (χ3v) is 4.77. The number of halogens is 1. The fourth-order valence-corrected chi connectivity index (χ4v) is 3.52. The summed E-state index contributed by atoms with van der Waals surface area (Å²) in [5.74, 6) is -0.231. The zero-order valence-corrected chi connectivity index (χ0v) is 13.7. The van der Waals surface area contributed by atoms with Crippen LogP contribution < -0.4 is 10.6 Å². The van der Waals surface area contributed by atoms with E-state index in [1.165, 1.54) is 42.7 Å². The summed E-state index contributed by atoms with van der Waals surface area (Å²) in [6.45, 7) is 0. The summed E-state index contributed by atoms with van der Waals surface area (Å²) >= 11 is 1.44. The summed E-state index contributed by atoms with van der Waals surface area (Å²) in [5, 5.41) is 8.80. The lowest BCUT2D eigenvalue weighted by molar-refractivity contribution is -0.121. The first kappa shape index (κ1) is 15.9. The molecule has 0 unspecified atom stereocenters. The van der Waals surface area contributed by atoms with Gasteiger partial charge in [0.25, 0.3) is 0 Å². The Morgan fingerprint density at radius 1 is 1.22 bits per heavy atom. The van der Waals surface area contributed by atoms with Crippen LogP contribution in [0, 0.1) is 5.82 Å². The van der Waals surface area contributed by atoms with E-state index in [0.717, 1.165) is 24.2 Å². The van der Waals surface area contributed by atoms with Crippen LogP contribution in [0.5, 0.6) is 0 Å². The molecule has 0 atom stereocenters. The van der Waals surface area contributed by atoms with Crippen LogP contribution in [0.3, 0.4) is 0 Å². The second kappa shape index (κ2) is 7.55. The van der Waals surface area contributed by atoms with E-state index in [1.54, 1.807) is 12.1 Å². The highest BCUT2D eigenvalue weighted by molar-refractivity contribution is 7.13. The Bertz CT molecular complexity index is 650. The van der Waals surface area contributed by atoms with Crippen molar-refractivity contribution in [3.8, 4) is 0 Å². The van der Waals surface area contributed by atoms with E-state index >= 15 is 0 Å². The van der Waals surface area contributed by atoms with Crippen molar-refractivity contribution < 1.29 is 9.18 Å². The van der Waals surface area contributed by atoms with Crippen LogP contribution in [0.2, 0.25) is 0 Å². The summed E-state index contributed by atoms with van der Waals surface area (Å²) in [7, 11) is 0. The lowest BCUT2D eigenvalue weighted by Gasteiger charge is -2.22. The van der Waals surface area contributed by atoms with Gasteiger partial charge in [-0.05, 0) is 37.1 Å². The van der Waals surface area contributed by atoms with Gasteiger partial charge in [-0.15, -0.1) is 11.3 Å². The van der Waals surface area contributed by atoms with Crippen molar-refractivity contribution in [2.24, 2.45) is 0 Å². The lowest BCUT2D eigenvalue weighted by Crippen LogP contribution is -2.37. The molecule has 6 heteroatoms. The molecule has 3 rings (SSSR count). The lowest BCUT2D eigenvalue weighted by atomic mass is 9.95. The van der Waals surface area contributed by atoms with Crippen LogP contribution in [0.25, 0.3) is 0 Å². The second-order valence-electron chi connectivity index (χ2n) is 5.86. The van der Waals surface area contributed by atoms with Crippen LogP contribution in [0.4, 0.5) is 15.2 Å². The molecule has 2 aromatic rings. The number of carbonyl (C=O) groups excluding carboxylic acids is 1. The van der Waals surface area contributed by atoms with Crippen molar-refractivity contribution in [1.82, 2.24) is 10.3 Å². The maximum Gasteiger partial charge on any atom is 0.226 e. The van der Waals surface area contributed by atoms with Gasteiger partial charge in [0.05, 0.1) is 12.1 Å². The second-order valence-corrected chi connectivity index (χ2v) is 6.71. The number of rotatable bonds is 5. The van der Waals surface area contributed by atoms with E-state index in [-0.39, 0.29) is 11.7 Å². The van der Waals surface area contributed by atoms with Crippen molar-refractivity contribution in [1.29, 1.82) is 0 Å². The quantitative estimate of drug-likeness (QED) is 0.869. The van der Waals surface area contributed by atoms with Gasteiger partial charge in [0.15, 0.2) is 5.13 Å². The number of nitrogens with zero attached hydrogens (tertiary/aromatic N) is 1. The van der Waals surface area contributed by atoms with Crippen molar-refractivity contribution in [3.63, 3.8) is 0 Å². The molecule has 4 nitrogen and oxygen atoms in total. The zero-order chi connectivity index (χ0) is 16.1. The van der Waals surface area contributed by atoms with Crippen LogP contribution in [-0.4, -0.2) is 16.9 Å². The number of aromatic nitrogens is 1. The average Bonchev–Trinajstić information content (AvgIpc) is 2.97. The van der Waals surface area contributed by atoms with Crippen LogP contribution >= 0.6 is 11.3 Å². The molecule has 23 heavy (non-hydrogen) atoms. The first-order valence-electron chi connectivity index (χ1n) is 7.95. The Morgan fingerprint density at radius 3 is 2.70 bits per heavy atom. The first-order chi connectivity index (χ1) is 11.2. The normalized spacial score (nSPS) is 15.3. The number of benzene rings is 1. The highest BCUT2D eigenvalue weighted by Crippen LogP contribution is 2.22. The molecule has 0 spiro atoms. The molecule has 0 bridgehead atoms. The fraction of sp³-hybridized carbons (Fsp3) is 0.412.